The van der Waals surface area contributed by atoms with Crippen LogP contribution in [0.5, 0.6) is 0 Å². The molecule has 7 heteroatoms. The van der Waals surface area contributed by atoms with Crippen molar-refractivity contribution in [1.29, 1.82) is 0 Å². The molecule has 122 valence electrons. The van der Waals surface area contributed by atoms with E-state index in [9.17, 15) is 14.0 Å². The zero-order valence-corrected chi connectivity index (χ0v) is 13.5. The Bertz CT molecular complexity index is 1000. The van der Waals surface area contributed by atoms with E-state index in [4.69, 9.17) is 11.6 Å². The summed E-state index contributed by atoms with van der Waals surface area (Å²) in [7, 11) is 0. The van der Waals surface area contributed by atoms with E-state index in [2.05, 4.69) is 10.3 Å². The Kier molecular flexibility index (Phi) is 4.31. The van der Waals surface area contributed by atoms with E-state index in [1.165, 1.54) is 16.7 Å². The normalized spacial score (nSPS) is 10.8. The van der Waals surface area contributed by atoms with Crippen molar-refractivity contribution in [3.05, 3.63) is 69.5 Å². The third-order valence-corrected chi connectivity index (χ3v) is 3.85. The summed E-state index contributed by atoms with van der Waals surface area (Å²) in [4.78, 5) is 29.0. The lowest BCUT2D eigenvalue weighted by Crippen LogP contribution is -2.30. The Hall–Kier alpha value is -2.73. The third-order valence-electron chi connectivity index (χ3n) is 3.56. The Balaban J connectivity index is 1.87. The number of rotatable bonds is 3. The second kappa shape index (κ2) is 6.41. The van der Waals surface area contributed by atoms with Gasteiger partial charge < -0.3 is 5.32 Å². The van der Waals surface area contributed by atoms with Crippen LogP contribution in [0.1, 0.15) is 5.82 Å². The standard InChI is InChI=1S/C17H13ClFN3O2/c1-10-20-15-5-3-2-4-12(15)17(24)22(10)9-16(23)21-11-6-7-14(19)13(18)8-11/h2-8H,9H2,1H3,(H,21,23). The molecule has 5 nitrogen and oxygen atoms in total. The van der Waals surface area contributed by atoms with Crippen LogP contribution in [0.4, 0.5) is 10.1 Å². The molecule has 0 radical (unpaired) electrons. The van der Waals surface area contributed by atoms with Gasteiger partial charge in [-0.1, -0.05) is 23.7 Å². The summed E-state index contributed by atoms with van der Waals surface area (Å²) < 4.78 is 14.4. The van der Waals surface area contributed by atoms with Gasteiger partial charge in [0.1, 0.15) is 18.2 Å². The maximum Gasteiger partial charge on any atom is 0.261 e. The van der Waals surface area contributed by atoms with Gasteiger partial charge in [-0.3, -0.25) is 14.2 Å². The van der Waals surface area contributed by atoms with Crippen molar-refractivity contribution in [3.63, 3.8) is 0 Å². The first-order valence-corrected chi connectivity index (χ1v) is 7.54. The average molecular weight is 346 g/mol. The van der Waals surface area contributed by atoms with Gasteiger partial charge in [0.15, 0.2) is 0 Å². The Labute approximate surface area is 141 Å². The van der Waals surface area contributed by atoms with Crippen molar-refractivity contribution in [2.24, 2.45) is 0 Å². The molecule has 3 rings (SSSR count). The number of nitrogens with one attached hydrogen (secondary N) is 1. The summed E-state index contributed by atoms with van der Waals surface area (Å²) in [6.07, 6.45) is 0. The number of para-hydroxylation sites is 1. The van der Waals surface area contributed by atoms with Gasteiger partial charge in [0, 0.05) is 5.69 Å². The number of aromatic nitrogens is 2. The molecule has 0 spiro atoms. The number of anilines is 1. The van der Waals surface area contributed by atoms with Gasteiger partial charge in [-0.25, -0.2) is 9.37 Å². The van der Waals surface area contributed by atoms with Crippen LogP contribution in [-0.4, -0.2) is 15.5 Å². The molecule has 24 heavy (non-hydrogen) atoms. The molecule has 1 heterocycles. The van der Waals surface area contributed by atoms with E-state index in [1.807, 2.05) is 0 Å². The molecular formula is C17H13ClFN3O2. The monoisotopic (exact) mass is 345 g/mol. The first-order valence-electron chi connectivity index (χ1n) is 7.17. The molecule has 0 aliphatic heterocycles. The maximum atomic E-state index is 13.1. The summed E-state index contributed by atoms with van der Waals surface area (Å²) >= 11 is 5.68. The van der Waals surface area contributed by atoms with Gasteiger partial charge in [0.25, 0.3) is 5.56 Å². The number of halogens is 2. The number of amides is 1. The second-order valence-corrected chi connectivity index (χ2v) is 5.65. The molecule has 1 aromatic heterocycles. The maximum absolute atomic E-state index is 13.1. The zero-order chi connectivity index (χ0) is 17.3. The van der Waals surface area contributed by atoms with Crippen LogP contribution in [0.25, 0.3) is 10.9 Å². The molecule has 0 atom stereocenters. The van der Waals surface area contributed by atoms with Gasteiger partial charge in [0.2, 0.25) is 5.91 Å². The van der Waals surface area contributed by atoms with Gasteiger partial charge >= 0.3 is 0 Å². The van der Waals surface area contributed by atoms with Gasteiger partial charge in [-0.2, -0.15) is 0 Å². The highest BCUT2D eigenvalue weighted by atomic mass is 35.5. The van der Waals surface area contributed by atoms with Crippen molar-refractivity contribution in [1.82, 2.24) is 9.55 Å². The zero-order valence-electron chi connectivity index (χ0n) is 12.7. The highest BCUT2D eigenvalue weighted by molar-refractivity contribution is 6.31. The number of fused-ring (bicyclic) bond motifs is 1. The van der Waals surface area contributed by atoms with Gasteiger partial charge in [-0.15, -0.1) is 0 Å². The first-order chi connectivity index (χ1) is 11.5. The molecule has 0 unspecified atom stereocenters. The minimum absolute atomic E-state index is 0.0893. The SMILES string of the molecule is Cc1nc2ccccc2c(=O)n1CC(=O)Nc1ccc(F)c(Cl)c1. The van der Waals surface area contributed by atoms with Crippen LogP contribution in [0, 0.1) is 12.7 Å². The number of nitrogens with zero attached hydrogens (tertiary/aromatic N) is 2. The fourth-order valence-electron chi connectivity index (χ4n) is 2.38. The lowest BCUT2D eigenvalue weighted by Gasteiger charge is -2.11. The summed E-state index contributed by atoms with van der Waals surface area (Å²) in [6.45, 7) is 1.47. The Morgan fingerprint density at radius 2 is 2.04 bits per heavy atom. The fraction of sp³-hybridized carbons (Fsp3) is 0.118. The van der Waals surface area contributed by atoms with Crippen molar-refractivity contribution < 1.29 is 9.18 Å². The quantitative estimate of drug-likeness (QED) is 0.793. The smallest absolute Gasteiger partial charge is 0.261 e. The summed E-state index contributed by atoms with van der Waals surface area (Å²) in [5.74, 6) is -0.564. The van der Waals surface area contributed by atoms with E-state index in [0.717, 1.165) is 6.07 Å². The van der Waals surface area contributed by atoms with E-state index in [-0.39, 0.29) is 17.1 Å². The number of aryl methyl sites for hydroxylation is 1. The fourth-order valence-corrected chi connectivity index (χ4v) is 2.56. The number of benzene rings is 2. The highest BCUT2D eigenvalue weighted by Crippen LogP contribution is 2.19. The highest BCUT2D eigenvalue weighted by Gasteiger charge is 2.12. The van der Waals surface area contributed by atoms with E-state index >= 15 is 0 Å². The van der Waals surface area contributed by atoms with E-state index < -0.39 is 11.7 Å². The van der Waals surface area contributed by atoms with Crippen LogP contribution < -0.4 is 10.9 Å². The number of carbonyl (C=O) groups excluding carboxylic acids is 1. The number of hydrogen-bond donors (Lipinski definition) is 1. The lowest BCUT2D eigenvalue weighted by molar-refractivity contribution is -0.116. The van der Waals surface area contributed by atoms with Crippen molar-refractivity contribution in [2.45, 2.75) is 13.5 Å². The molecule has 0 saturated carbocycles. The summed E-state index contributed by atoms with van der Waals surface area (Å²) in [5.41, 5.74) is 0.651. The van der Waals surface area contributed by atoms with Crippen LogP contribution in [0.2, 0.25) is 5.02 Å². The van der Waals surface area contributed by atoms with Crippen LogP contribution in [0.15, 0.2) is 47.3 Å². The molecule has 1 N–H and O–H groups in total. The minimum atomic E-state index is -0.569. The summed E-state index contributed by atoms with van der Waals surface area (Å²) in [5, 5.41) is 2.94. The molecular weight excluding hydrogens is 333 g/mol. The Morgan fingerprint density at radius 3 is 2.79 bits per heavy atom. The predicted octanol–water partition coefficient (Wildman–Crippen LogP) is 3.14. The molecule has 1 amide bonds. The van der Waals surface area contributed by atoms with Crippen molar-refractivity contribution >= 4 is 34.1 Å². The largest absolute Gasteiger partial charge is 0.324 e. The minimum Gasteiger partial charge on any atom is -0.324 e. The first kappa shape index (κ1) is 16.1. The lowest BCUT2D eigenvalue weighted by atomic mass is 10.2. The number of carbonyl (C=O) groups is 1. The van der Waals surface area contributed by atoms with Crippen molar-refractivity contribution in [2.75, 3.05) is 5.32 Å². The molecule has 0 bridgehead atoms. The molecule has 0 aliphatic carbocycles. The molecule has 0 fully saturated rings. The molecule has 2 aromatic carbocycles. The van der Waals surface area contributed by atoms with E-state index in [1.54, 1.807) is 31.2 Å². The van der Waals surface area contributed by atoms with E-state index in [0.29, 0.717) is 22.4 Å². The van der Waals surface area contributed by atoms with Crippen LogP contribution in [-0.2, 0) is 11.3 Å². The molecule has 3 aromatic rings. The van der Waals surface area contributed by atoms with Crippen LogP contribution >= 0.6 is 11.6 Å². The van der Waals surface area contributed by atoms with Gasteiger partial charge in [-0.05, 0) is 37.3 Å². The predicted molar refractivity (Wildman–Crippen MR) is 90.8 cm³/mol. The van der Waals surface area contributed by atoms with Gasteiger partial charge in [0.05, 0.1) is 15.9 Å². The van der Waals surface area contributed by atoms with Crippen molar-refractivity contribution in [3.8, 4) is 0 Å². The Morgan fingerprint density at radius 1 is 1.29 bits per heavy atom. The number of hydrogen-bond acceptors (Lipinski definition) is 3. The topological polar surface area (TPSA) is 64.0 Å². The summed E-state index contributed by atoms with van der Waals surface area (Å²) in [6, 6.07) is 10.8. The third kappa shape index (κ3) is 3.14. The average Bonchev–Trinajstić information content (AvgIpc) is 2.55. The molecule has 0 saturated heterocycles. The van der Waals surface area contributed by atoms with Crippen LogP contribution in [0.3, 0.4) is 0 Å². The molecule has 0 aliphatic rings. The second-order valence-electron chi connectivity index (χ2n) is 5.24.